The second kappa shape index (κ2) is 8.39. The predicted molar refractivity (Wildman–Crippen MR) is 118 cm³/mol. The number of fused-ring (bicyclic) bond motifs is 5. The fourth-order valence-electron chi connectivity index (χ4n) is 4.39. The Morgan fingerprint density at radius 2 is 1.88 bits per heavy atom. The lowest BCUT2D eigenvalue weighted by Crippen LogP contribution is -2.34. The quantitative estimate of drug-likeness (QED) is 0.551. The van der Waals surface area contributed by atoms with Crippen molar-refractivity contribution >= 4 is 23.5 Å². The number of ether oxygens (including phenoxy) is 1. The Hall–Kier alpha value is -3.04. The van der Waals surface area contributed by atoms with Crippen molar-refractivity contribution in [3.05, 3.63) is 41.1 Å². The molecule has 7 nitrogen and oxygen atoms in total. The highest BCUT2D eigenvalue weighted by molar-refractivity contribution is 5.73. The first kappa shape index (κ1) is 23.1. The second-order valence-electron chi connectivity index (χ2n) is 9.35. The molecule has 2 aliphatic heterocycles. The number of benzene rings is 1. The van der Waals surface area contributed by atoms with E-state index < -0.39 is 17.3 Å². The largest absolute Gasteiger partial charge is 0.444 e. The molecule has 178 valence electrons. The molecule has 4 rings (SSSR count). The van der Waals surface area contributed by atoms with E-state index in [9.17, 15) is 18.0 Å². The molecule has 2 bridgehead atoms. The van der Waals surface area contributed by atoms with Crippen LogP contribution in [0.1, 0.15) is 75.7 Å². The number of halogens is 3. The summed E-state index contributed by atoms with van der Waals surface area (Å²) < 4.78 is 45.5. The molecule has 0 unspecified atom stereocenters. The zero-order valence-corrected chi connectivity index (χ0v) is 19.1. The van der Waals surface area contributed by atoms with E-state index in [0.29, 0.717) is 18.7 Å². The third-order valence-electron chi connectivity index (χ3n) is 5.69. The Kier molecular flexibility index (Phi) is 5.88. The molecule has 1 aromatic carbocycles. The molecule has 2 aromatic rings. The molecule has 0 aliphatic carbocycles. The molecule has 1 fully saturated rings. The summed E-state index contributed by atoms with van der Waals surface area (Å²) in [6, 6.07) is 5.57. The van der Waals surface area contributed by atoms with Crippen molar-refractivity contribution in [1.82, 2.24) is 14.9 Å². The molecule has 1 amide bonds. The summed E-state index contributed by atoms with van der Waals surface area (Å²) in [6.45, 7) is 7.74. The maximum Gasteiger partial charge on any atom is 0.421 e. The lowest BCUT2D eigenvalue weighted by Gasteiger charge is -2.27. The predicted octanol–water partition coefficient (Wildman–Crippen LogP) is 6.19. The van der Waals surface area contributed by atoms with E-state index in [1.54, 1.807) is 4.90 Å². The van der Waals surface area contributed by atoms with Crippen molar-refractivity contribution in [2.75, 3.05) is 17.2 Å². The topological polar surface area (TPSA) is 79.4 Å². The first-order chi connectivity index (χ1) is 15.5. The number of nitrogens with zero attached hydrogens (tertiary/aromatic N) is 3. The number of nitrogens with one attached hydrogen (secondary N) is 2. The van der Waals surface area contributed by atoms with Gasteiger partial charge in [0.25, 0.3) is 0 Å². The van der Waals surface area contributed by atoms with Crippen molar-refractivity contribution < 1.29 is 22.7 Å². The second-order valence-corrected chi connectivity index (χ2v) is 9.35. The van der Waals surface area contributed by atoms with Gasteiger partial charge in [-0.2, -0.15) is 18.2 Å². The van der Waals surface area contributed by atoms with Crippen LogP contribution in [0.25, 0.3) is 0 Å². The van der Waals surface area contributed by atoms with Gasteiger partial charge in [0.1, 0.15) is 17.0 Å². The Morgan fingerprint density at radius 3 is 2.52 bits per heavy atom. The highest BCUT2D eigenvalue weighted by Gasteiger charge is 2.48. The van der Waals surface area contributed by atoms with E-state index in [0.717, 1.165) is 30.2 Å². The van der Waals surface area contributed by atoms with Crippen molar-refractivity contribution in [2.24, 2.45) is 0 Å². The molecule has 0 radical (unpaired) electrons. The van der Waals surface area contributed by atoms with Crippen LogP contribution in [0.15, 0.2) is 24.4 Å². The molecular weight excluding hydrogens is 435 g/mol. The summed E-state index contributed by atoms with van der Waals surface area (Å²) in [6.07, 6.45) is -1.73. The number of hydrogen-bond acceptors (Lipinski definition) is 6. The number of anilines is 3. The molecule has 0 saturated carbocycles. The van der Waals surface area contributed by atoms with Gasteiger partial charge in [-0.3, -0.25) is 4.90 Å². The first-order valence-corrected chi connectivity index (χ1v) is 11.1. The third-order valence-corrected chi connectivity index (χ3v) is 5.69. The van der Waals surface area contributed by atoms with Crippen molar-refractivity contribution in [1.29, 1.82) is 0 Å². The van der Waals surface area contributed by atoms with Gasteiger partial charge in [0.2, 0.25) is 5.95 Å². The summed E-state index contributed by atoms with van der Waals surface area (Å²) in [5, 5.41) is 5.73. The van der Waals surface area contributed by atoms with Gasteiger partial charge >= 0.3 is 12.3 Å². The number of rotatable bonds is 5. The van der Waals surface area contributed by atoms with Gasteiger partial charge in [-0.1, -0.05) is 13.0 Å². The summed E-state index contributed by atoms with van der Waals surface area (Å²) >= 11 is 0. The lowest BCUT2D eigenvalue weighted by atomic mass is 9.91. The first-order valence-electron chi connectivity index (χ1n) is 11.1. The SMILES string of the molecule is CCCNc1nc(Nc2ccc3c(c2)[C@H]2CC[C@@H]3N2C(=O)OC(C)(C)C)ncc1C(F)(F)F. The fraction of sp³-hybridized carbons (Fsp3) is 0.522. The number of hydrogen-bond donors (Lipinski definition) is 2. The molecule has 3 heterocycles. The minimum atomic E-state index is -4.55. The van der Waals surface area contributed by atoms with Crippen molar-refractivity contribution in [3.63, 3.8) is 0 Å². The van der Waals surface area contributed by atoms with Crippen LogP contribution < -0.4 is 10.6 Å². The number of carbonyl (C=O) groups is 1. The summed E-state index contributed by atoms with van der Waals surface area (Å²) in [7, 11) is 0. The lowest BCUT2D eigenvalue weighted by molar-refractivity contribution is -0.137. The van der Waals surface area contributed by atoms with E-state index in [2.05, 4.69) is 20.6 Å². The van der Waals surface area contributed by atoms with Crippen LogP contribution in [-0.2, 0) is 10.9 Å². The Balaban J connectivity index is 1.57. The molecule has 10 heteroatoms. The van der Waals surface area contributed by atoms with Crippen LogP contribution in [0, 0.1) is 0 Å². The average molecular weight is 464 g/mol. The number of carbonyl (C=O) groups excluding carboxylic acids is 1. The van der Waals surface area contributed by atoms with E-state index >= 15 is 0 Å². The monoisotopic (exact) mass is 463 g/mol. The highest BCUT2D eigenvalue weighted by atomic mass is 19.4. The molecule has 0 spiro atoms. The number of alkyl halides is 3. The number of amides is 1. The van der Waals surface area contributed by atoms with Gasteiger partial charge in [-0.15, -0.1) is 0 Å². The van der Waals surface area contributed by atoms with Gasteiger partial charge in [-0.05, 0) is 63.3 Å². The van der Waals surface area contributed by atoms with Gasteiger partial charge in [0.15, 0.2) is 0 Å². The van der Waals surface area contributed by atoms with Gasteiger partial charge < -0.3 is 15.4 Å². The van der Waals surface area contributed by atoms with Crippen LogP contribution >= 0.6 is 0 Å². The molecule has 2 N–H and O–H groups in total. The molecule has 1 saturated heterocycles. The summed E-state index contributed by atoms with van der Waals surface area (Å²) in [5.74, 6) is -0.188. The van der Waals surface area contributed by atoms with Crippen LogP contribution in [0.3, 0.4) is 0 Å². The summed E-state index contributed by atoms with van der Waals surface area (Å²) in [5.41, 5.74) is 1.24. The minimum Gasteiger partial charge on any atom is -0.444 e. The van der Waals surface area contributed by atoms with Crippen LogP contribution in [-0.4, -0.2) is 33.1 Å². The zero-order valence-electron chi connectivity index (χ0n) is 19.1. The zero-order chi connectivity index (χ0) is 24.0. The van der Waals surface area contributed by atoms with Crippen molar-refractivity contribution in [3.8, 4) is 0 Å². The Labute approximate surface area is 190 Å². The molecule has 33 heavy (non-hydrogen) atoms. The van der Waals surface area contributed by atoms with E-state index in [4.69, 9.17) is 4.74 Å². The van der Waals surface area contributed by atoms with Gasteiger partial charge in [0, 0.05) is 18.4 Å². The van der Waals surface area contributed by atoms with Gasteiger partial charge in [-0.25, -0.2) is 9.78 Å². The Morgan fingerprint density at radius 1 is 1.18 bits per heavy atom. The maximum atomic E-state index is 13.3. The molecule has 2 aliphatic rings. The standard InChI is InChI=1S/C23H28F3N5O2/c1-5-10-27-19-16(23(24,25)26)12-28-20(30-19)29-13-6-7-14-15(11-13)18-9-8-17(14)31(18)21(32)33-22(2,3)4/h6-7,11-12,17-18H,5,8-10H2,1-4H3,(H2,27,28,29,30)/t17-,18+/m0/s1. The van der Waals surface area contributed by atoms with Gasteiger partial charge in [0.05, 0.1) is 12.1 Å². The van der Waals surface area contributed by atoms with E-state index in [1.165, 1.54) is 0 Å². The summed E-state index contributed by atoms with van der Waals surface area (Å²) in [4.78, 5) is 22.5. The van der Waals surface area contributed by atoms with Crippen molar-refractivity contribution in [2.45, 2.75) is 70.8 Å². The fourth-order valence-corrected chi connectivity index (χ4v) is 4.39. The third kappa shape index (κ3) is 4.69. The van der Waals surface area contributed by atoms with Crippen LogP contribution in [0.5, 0.6) is 0 Å². The molecular formula is C23H28F3N5O2. The van der Waals surface area contributed by atoms with E-state index in [-0.39, 0.29) is 29.9 Å². The van der Waals surface area contributed by atoms with Crippen LogP contribution in [0.2, 0.25) is 0 Å². The van der Waals surface area contributed by atoms with Crippen LogP contribution in [0.4, 0.5) is 35.4 Å². The maximum absolute atomic E-state index is 13.3. The number of aromatic nitrogens is 2. The minimum absolute atomic E-state index is 0.0268. The molecule has 1 aromatic heterocycles. The highest BCUT2D eigenvalue weighted by Crippen LogP contribution is 2.54. The average Bonchev–Trinajstić information content (AvgIpc) is 3.27. The van der Waals surface area contributed by atoms with E-state index in [1.807, 2.05) is 45.9 Å². The molecule has 2 atom stereocenters. The smallest absolute Gasteiger partial charge is 0.421 e. The normalized spacial score (nSPS) is 19.4. The Bertz CT molecular complexity index is 1050.